The summed E-state index contributed by atoms with van der Waals surface area (Å²) in [5.74, 6) is 0.0326. The van der Waals surface area contributed by atoms with Gasteiger partial charge < -0.3 is 16.0 Å². The Labute approximate surface area is 142 Å². The number of halogens is 1. The number of hydrogen-bond donors (Lipinski definition) is 3. The van der Waals surface area contributed by atoms with E-state index in [9.17, 15) is 9.59 Å². The number of benzene rings is 1. The second-order valence-electron chi connectivity index (χ2n) is 6.26. The fourth-order valence-electron chi connectivity index (χ4n) is 2.49. The van der Waals surface area contributed by atoms with E-state index in [0.717, 1.165) is 25.9 Å². The first-order chi connectivity index (χ1) is 11.0. The summed E-state index contributed by atoms with van der Waals surface area (Å²) in [7, 11) is 0. The summed E-state index contributed by atoms with van der Waals surface area (Å²) in [4.78, 5) is 24.1. The van der Waals surface area contributed by atoms with Crippen LogP contribution in [0, 0.1) is 11.8 Å². The molecular weight excluding hydrogens is 314 g/mol. The van der Waals surface area contributed by atoms with Crippen LogP contribution in [0.2, 0.25) is 5.02 Å². The van der Waals surface area contributed by atoms with Gasteiger partial charge in [-0.1, -0.05) is 25.4 Å². The molecule has 6 heteroatoms. The van der Waals surface area contributed by atoms with Crippen molar-refractivity contribution in [1.82, 2.24) is 10.6 Å². The lowest BCUT2D eigenvalue weighted by atomic mass is 9.99. The molecular formula is C17H24ClN3O2. The highest BCUT2D eigenvalue weighted by atomic mass is 35.5. The monoisotopic (exact) mass is 337 g/mol. The van der Waals surface area contributed by atoms with Gasteiger partial charge in [0, 0.05) is 18.2 Å². The number of anilines is 1. The van der Waals surface area contributed by atoms with E-state index in [1.54, 1.807) is 18.2 Å². The van der Waals surface area contributed by atoms with Gasteiger partial charge in [-0.2, -0.15) is 0 Å². The largest absolute Gasteiger partial charge is 0.352 e. The summed E-state index contributed by atoms with van der Waals surface area (Å²) >= 11 is 6.13. The topological polar surface area (TPSA) is 70.2 Å². The van der Waals surface area contributed by atoms with Crippen LogP contribution < -0.4 is 16.0 Å². The SMILES string of the molecule is CC(C)C(=O)Nc1ccc(Cl)c(C(=O)NCC2CCCNC2)c1. The van der Waals surface area contributed by atoms with Crippen LogP contribution in [0.1, 0.15) is 37.0 Å². The van der Waals surface area contributed by atoms with Crippen molar-refractivity contribution in [3.63, 3.8) is 0 Å². The molecule has 1 aromatic rings. The number of carbonyl (C=O) groups excluding carboxylic acids is 2. The van der Waals surface area contributed by atoms with Gasteiger partial charge in [0.15, 0.2) is 0 Å². The molecule has 2 amide bonds. The van der Waals surface area contributed by atoms with Crippen molar-refractivity contribution in [1.29, 1.82) is 0 Å². The maximum absolute atomic E-state index is 12.4. The fraction of sp³-hybridized carbons (Fsp3) is 0.529. The van der Waals surface area contributed by atoms with E-state index in [0.29, 0.717) is 28.7 Å². The van der Waals surface area contributed by atoms with E-state index in [4.69, 9.17) is 11.6 Å². The molecule has 126 valence electrons. The third-order valence-corrected chi connectivity index (χ3v) is 4.28. The Morgan fingerprint density at radius 1 is 1.39 bits per heavy atom. The second-order valence-corrected chi connectivity index (χ2v) is 6.67. The van der Waals surface area contributed by atoms with Crippen LogP contribution in [0.25, 0.3) is 0 Å². The standard InChI is InChI=1S/C17H24ClN3O2/c1-11(2)16(22)21-13-5-6-15(18)14(8-13)17(23)20-10-12-4-3-7-19-9-12/h5-6,8,11-12,19H,3-4,7,9-10H2,1-2H3,(H,20,23)(H,21,22). The molecule has 1 aliphatic rings. The molecule has 0 spiro atoms. The first-order valence-electron chi connectivity index (χ1n) is 8.06. The lowest BCUT2D eigenvalue weighted by molar-refractivity contribution is -0.118. The molecule has 3 N–H and O–H groups in total. The highest BCUT2D eigenvalue weighted by molar-refractivity contribution is 6.34. The Kier molecular flexibility index (Phi) is 6.42. The van der Waals surface area contributed by atoms with Crippen molar-refractivity contribution < 1.29 is 9.59 Å². The highest BCUT2D eigenvalue weighted by Crippen LogP contribution is 2.21. The molecule has 1 unspecified atom stereocenters. The van der Waals surface area contributed by atoms with Crippen molar-refractivity contribution in [2.75, 3.05) is 25.0 Å². The van der Waals surface area contributed by atoms with E-state index in [1.165, 1.54) is 0 Å². The molecule has 1 fully saturated rings. The number of carbonyl (C=O) groups is 2. The van der Waals surface area contributed by atoms with Gasteiger partial charge in [-0.3, -0.25) is 9.59 Å². The molecule has 0 saturated carbocycles. The summed E-state index contributed by atoms with van der Waals surface area (Å²) in [6.07, 6.45) is 2.25. The van der Waals surface area contributed by atoms with Crippen molar-refractivity contribution in [3.05, 3.63) is 28.8 Å². The average Bonchev–Trinajstić information content (AvgIpc) is 2.55. The number of nitrogens with one attached hydrogen (secondary N) is 3. The summed E-state index contributed by atoms with van der Waals surface area (Å²) < 4.78 is 0. The van der Waals surface area contributed by atoms with Crippen molar-refractivity contribution in [3.8, 4) is 0 Å². The third kappa shape index (κ3) is 5.22. The lowest BCUT2D eigenvalue weighted by Crippen LogP contribution is -2.38. The van der Waals surface area contributed by atoms with E-state index in [-0.39, 0.29) is 17.7 Å². The maximum atomic E-state index is 12.4. The van der Waals surface area contributed by atoms with Gasteiger partial charge in [0.05, 0.1) is 10.6 Å². The van der Waals surface area contributed by atoms with Gasteiger partial charge in [-0.25, -0.2) is 0 Å². The van der Waals surface area contributed by atoms with E-state index < -0.39 is 0 Å². The summed E-state index contributed by atoms with van der Waals surface area (Å²) in [6, 6.07) is 4.95. The third-order valence-electron chi connectivity index (χ3n) is 3.95. The Bertz CT molecular complexity index is 569. The zero-order chi connectivity index (χ0) is 16.8. The molecule has 0 radical (unpaired) electrons. The molecule has 1 aromatic carbocycles. The molecule has 0 aromatic heterocycles. The fourth-order valence-corrected chi connectivity index (χ4v) is 2.70. The summed E-state index contributed by atoms with van der Waals surface area (Å²) in [6.45, 7) is 6.24. The van der Waals surface area contributed by atoms with Crippen molar-refractivity contribution in [2.45, 2.75) is 26.7 Å². The predicted molar refractivity (Wildman–Crippen MR) is 92.8 cm³/mol. The quantitative estimate of drug-likeness (QED) is 0.773. The van der Waals surface area contributed by atoms with Gasteiger partial charge in [-0.05, 0) is 50.0 Å². The molecule has 5 nitrogen and oxygen atoms in total. The number of rotatable bonds is 5. The smallest absolute Gasteiger partial charge is 0.252 e. The van der Waals surface area contributed by atoms with Gasteiger partial charge in [-0.15, -0.1) is 0 Å². The van der Waals surface area contributed by atoms with E-state index in [2.05, 4.69) is 16.0 Å². The maximum Gasteiger partial charge on any atom is 0.252 e. The van der Waals surface area contributed by atoms with Crippen molar-refractivity contribution >= 4 is 29.1 Å². The molecule has 0 bridgehead atoms. The Hall–Kier alpha value is -1.59. The Morgan fingerprint density at radius 2 is 2.17 bits per heavy atom. The minimum Gasteiger partial charge on any atom is -0.352 e. The number of amides is 2. The van der Waals surface area contributed by atoms with Crippen LogP contribution >= 0.6 is 11.6 Å². The zero-order valence-electron chi connectivity index (χ0n) is 13.6. The molecule has 1 saturated heterocycles. The first kappa shape index (κ1) is 17.8. The first-order valence-corrected chi connectivity index (χ1v) is 8.44. The van der Waals surface area contributed by atoms with Gasteiger partial charge >= 0.3 is 0 Å². The van der Waals surface area contributed by atoms with Gasteiger partial charge in [0.2, 0.25) is 5.91 Å². The predicted octanol–water partition coefficient (Wildman–Crippen LogP) is 2.66. The highest BCUT2D eigenvalue weighted by Gasteiger charge is 2.17. The minimum atomic E-state index is -0.207. The van der Waals surface area contributed by atoms with Gasteiger partial charge in [0.1, 0.15) is 0 Å². The Balaban J connectivity index is 1.99. The summed E-state index contributed by atoms with van der Waals surface area (Å²) in [5.41, 5.74) is 0.967. The molecule has 1 atom stereocenters. The molecule has 0 aliphatic carbocycles. The molecule has 1 heterocycles. The van der Waals surface area contributed by atoms with Crippen LogP contribution in [-0.2, 0) is 4.79 Å². The molecule has 2 rings (SSSR count). The number of piperidine rings is 1. The number of hydrogen-bond acceptors (Lipinski definition) is 3. The van der Waals surface area contributed by atoms with Crippen LogP contribution in [0.5, 0.6) is 0 Å². The van der Waals surface area contributed by atoms with E-state index in [1.807, 2.05) is 13.8 Å². The van der Waals surface area contributed by atoms with Gasteiger partial charge in [0.25, 0.3) is 5.91 Å². The molecule has 1 aliphatic heterocycles. The van der Waals surface area contributed by atoms with Crippen LogP contribution in [0.4, 0.5) is 5.69 Å². The van der Waals surface area contributed by atoms with E-state index >= 15 is 0 Å². The normalized spacial score (nSPS) is 17.8. The summed E-state index contributed by atoms with van der Waals surface area (Å²) in [5, 5.41) is 9.43. The van der Waals surface area contributed by atoms with Crippen molar-refractivity contribution in [2.24, 2.45) is 11.8 Å². The van der Waals surface area contributed by atoms with Crippen LogP contribution in [0.15, 0.2) is 18.2 Å². The zero-order valence-corrected chi connectivity index (χ0v) is 14.4. The van der Waals surface area contributed by atoms with Crippen LogP contribution in [-0.4, -0.2) is 31.4 Å². The minimum absolute atomic E-state index is 0.0908. The average molecular weight is 338 g/mol. The lowest BCUT2D eigenvalue weighted by Gasteiger charge is -2.23. The second kappa shape index (κ2) is 8.31. The Morgan fingerprint density at radius 3 is 2.83 bits per heavy atom. The molecule has 23 heavy (non-hydrogen) atoms. The van der Waals surface area contributed by atoms with Crippen LogP contribution in [0.3, 0.4) is 0 Å².